The number of amides is 1. The van der Waals surface area contributed by atoms with Crippen LogP contribution >= 0.6 is 0 Å². The van der Waals surface area contributed by atoms with Crippen molar-refractivity contribution in [2.24, 2.45) is 0 Å². The molecule has 1 aromatic heterocycles. The Morgan fingerprint density at radius 3 is 2.79 bits per heavy atom. The van der Waals surface area contributed by atoms with Crippen molar-refractivity contribution in [3.63, 3.8) is 0 Å². The molecule has 1 amide bonds. The van der Waals surface area contributed by atoms with Crippen molar-refractivity contribution < 1.29 is 9.53 Å². The Kier molecular flexibility index (Phi) is 4.69. The number of ether oxygens (including phenoxy) is 1. The summed E-state index contributed by atoms with van der Waals surface area (Å²) in [7, 11) is 5.53. The summed E-state index contributed by atoms with van der Waals surface area (Å²) >= 11 is 0. The van der Waals surface area contributed by atoms with Crippen LogP contribution in [0.4, 0.5) is 5.82 Å². The van der Waals surface area contributed by atoms with E-state index < -0.39 is 0 Å². The first-order valence-corrected chi connectivity index (χ1v) is 8.18. The summed E-state index contributed by atoms with van der Waals surface area (Å²) in [5.74, 6) is 1.71. The molecule has 0 N–H and O–H groups in total. The van der Waals surface area contributed by atoms with E-state index in [1.165, 1.54) is 0 Å². The molecule has 0 aliphatic carbocycles. The van der Waals surface area contributed by atoms with Gasteiger partial charge in [-0.3, -0.25) is 4.79 Å². The third kappa shape index (κ3) is 3.20. The van der Waals surface area contributed by atoms with Crippen LogP contribution in [0.5, 0.6) is 5.75 Å². The van der Waals surface area contributed by atoms with E-state index in [-0.39, 0.29) is 11.9 Å². The summed E-state index contributed by atoms with van der Waals surface area (Å²) in [6.07, 6.45) is 3.65. The molecular weight excluding hydrogens is 302 g/mol. The minimum atomic E-state index is 0.0399. The number of carbonyl (C=O) groups excluding carboxylic acids is 1. The van der Waals surface area contributed by atoms with Gasteiger partial charge in [0.25, 0.3) is 5.91 Å². The molecule has 1 fully saturated rings. The zero-order chi connectivity index (χ0) is 17.1. The molecule has 126 valence electrons. The summed E-state index contributed by atoms with van der Waals surface area (Å²) < 4.78 is 5.31. The molecule has 0 bridgehead atoms. The van der Waals surface area contributed by atoms with Crippen LogP contribution in [0, 0.1) is 0 Å². The maximum atomic E-state index is 12.9. The van der Waals surface area contributed by atoms with Gasteiger partial charge in [-0.1, -0.05) is 12.1 Å². The molecule has 0 saturated carbocycles. The largest absolute Gasteiger partial charge is 0.497 e. The van der Waals surface area contributed by atoms with Gasteiger partial charge in [0.05, 0.1) is 18.7 Å². The predicted octanol–water partition coefficient (Wildman–Crippen LogP) is 3.13. The van der Waals surface area contributed by atoms with Crippen LogP contribution in [-0.4, -0.2) is 43.5 Å². The number of hydrogen-bond acceptors (Lipinski definition) is 4. The van der Waals surface area contributed by atoms with E-state index in [2.05, 4.69) is 11.1 Å². The second-order valence-corrected chi connectivity index (χ2v) is 6.23. The molecule has 3 rings (SSSR count). The van der Waals surface area contributed by atoms with Gasteiger partial charge in [0.1, 0.15) is 11.6 Å². The molecule has 1 aliphatic rings. The Labute approximate surface area is 142 Å². The Balaban J connectivity index is 1.82. The highest BCUT2D eigenvalue weighted by molar-refractivity contribution is 5.94. The molecule has 1 aromatic carbocycles. The zero-order valence-corrected chi connectivity index (χ0v) is 14.4. The van der Waals surface area contributed by atoms with Crippen LogP contribution in [0.3, 0.4) is 0 Å². The lowest BCUT2D eigenvalue weighted by atomic mass is 10.0. The number of carbonyl (C=O) groups is 1. The highest BCUT2D eigenvalue weighted by Crippen LogP contribution is 2.34. The van der Waals surface area contributed by atoms with Crippen molar-refractivity contribution in [1.29, 1.82) is 0 Å². The lowest BCUT2D eigenvalue weighted by Crippen LogP contribution is -2.30. The number of anilines is 1. The second kappa shape index (κ2) is 6.91. The van der Waals surface area contributed by atoms with Gasteiger partial charge in [-0.15, -0.1) is 0 Å². The number of nitrogens with zero attached hydrogens (tertiary/aromatic N) is 3. The Hall–Kier alpha value is -2.56. The van der Waals surface area contributed by atoms with E-state index in [1.54, 1.807) is 13.3 Å². The number of hydrogen-bond donors (Lipinski definition) is 0. The predicted molar refractivity (Wildman–Crippen MR) is 94.6 cm³/mol. The first-order valence-electron chi connectivity index (χ1n) is 8.18. The third-order valence-corrected chi connectivity index (χ3v) is 4.45. The first-order chi connectivity index (χ1) is 11.6. The van der Waals surface area contributed by atoms with Crippen molar-refractivity contribution in [2.45, 2.75) is 18.9 Å². The number of rotatable bonds is 4. The van der Waals surface area contributed by atoms with Gasteiger partial charge in [0.15, 0.2) is 0 Å². The Bertz CT molecular complexity index is 713. The smallest absolute Gasteiger partial charge is 0.255 e. The van der Waals surface area contributed by atoms with Gasteiger partial charge in [-0.25, -0.2) is 4.98 Å². The van der Waals surface area contributed by atoms with Crippen molar-refractivity contribution in [2.75, 3.05) is 32.6 Å². The minimum Gasteiger partial charge on any atom is -0.497 e. The number of methoxy groups -OCH3 is 1. The first kappa shape index (κ1) is 16.3. The maximum Gasteiger partial charge on any atom is 0.255 e. The van der Waals surface area contributed by atoms with Gasteiger partial charge in [0.2, 0.25) is 0 Å². The van der Waals surface area contributed by atoms with Gasteiger partial charge < -0.3 is 14.5 Å². The summed E-state index contributed by atoms with van der Waals surface area (Å²) in [5.41, 5.74) is 1.76. The lowest BCUT2D eigenvalue weighted by Gasteiger charge is -2.25. The average Bonchev–Trinajstić information content (AvgIpc) is 3.11. The van der Waals surface area contributed by atoms with Gasteiger partial charge in [0, 0.05) is 26.8 Å². The molecule has 1 saturated heterocycles. The van der Waals surface area contributed by atoms with Crippen LogP contribution in [0.15, 0.2) is 42.6 Å². The van der Waals surface area contributed by atoms with Crippen LogP contribution < -0.4 is 9.64 Å². The Morgan fingerprint density at radius 1 is 1.29 bits per heavy atom. The van der Waals surface area contributed by atoms with Crippen LogP contribution in [0.2, 0.25) is 0 Å². The molecule has 1 aliphatic heterocycles. The van der Waals surface area contributed by atoms with Crippen molar-refractivity contribution >= 4 is 11.7 Å². The number of likely N-dealkylation sites (tertiary alicyclic amines) is 1. The normalized spacial score (nSPS) is 17.0. The Morgan fingerprint density at radius 2 is 2.12 bits per heavy atom. The molecule has 24 heavy (non-hydrogen) atoms. The standard InChI is InChI=1S/C19H23N3O2/c1-21(2)18-10-9-15(13-20-18)19(23)22-11-5-8-17(22)14-6-4-7-16(12-14)24-3/h4,6-7,9-10,12-13,17H,5,8,11H2,1-3H3/t17-/m1/s1. The van der Waals surface area contributed by atoms with Gasteiger partial charge in [-0.2, -0.15) is 0 Å². The van der Waals surface area contributed by atoms with Gasteiger partial charge in [-0.05, 0) is 42.7 Å². The van der Waals surface area contributed by atoms with Crippen LogP contribution in [0.25, 0.3) is 0 Å². The minimum absolute atomic E-state index is 0.0399. The maximum absolute atomic E-state index is 12.9. The molecule has 0 radical (unpaired) electrons. The van der Waals surface area contributed by atoms with Crippen molar-refractivity contribution in [3.8, 4) is 5.75 Å². The van der Waals surface area contributed by atoms with Crippen molar-refractivity contribution in [1.82, 2.24) is 9.88 Å². The zero-order valence-electron chi connectivity index (χ0n) is 14.4. The monoisotopic (exact) mass is 325 g/mol. The fourth-order valence-corrected chi connectivity index (χ4v) is 3.15. The molecule has 1 atom stereocenters. The van der Waals surface area contributed by atoms with Crippen molar-refractivity contribution in [3.05, 3.63) is 53.7 Å². The summed E-state index contributed by atoms with van der Waals surface area (Å²) in [6.45, 7) is 0.774. The highest BCUT2D eigenvalue weighted by atomic mass is 16.5. The van der Waals surface area contributed by atoms with Crippen LogP contribution in [-0.2, 0) is 0 Å². The second-order valence-electron chi connectivity index (χ2n) is 6.23. The van der Waals surface area contributed by atoms with E-state index >= 15 is 0 Å². The van der Waals surface area contributed by atoms with Gasteiger partial charge >= 0.3 is 0 Å². The van der Waals surface area contributed by atoms with E-state index in [9.17, 15) is 4.79 Å². The highest BCUT2D eigenvalue weighted by Gasteiger charge is 2.30. The quantitative estimate of drug-likeness (QED) is 0.866. The topological polar surface area (TPSA) is 45.7 Å². The molecule has 5 nitrogen and oxygen atoms in total. The van der Waals surface area contributed by atoms with E-state index in [0.29, 0.717) is 5.56 Å². The molecule has 2 heterocycles. The third-order valence-electron chi connectivity index (χ3n) is 4.45. The van der Waals surface area contributed by atoms with E-state index in [1.807, 2.05) is 54.2 Å². The molecule has 0 spiro atoms. The lowest BCUT2D eigenvalue weighted by molar-refractivity contribution is 0.0735. The summed E-state index contributed by atoms with van der Waals surface area (Å²) in [6, 6.07) is 11.8. The molecule has 2 aromatic rings. The summed E-state index contributed by atoms with van der Waals surface area (Å²) in [5, 5.41) is 0. The van der Waals surface area contributed by atoms with E-state index in [0.717, 1.165) is 36.5 Å². The molecule has 0 unspecified atom stereocenters. The van der Waals surface area contributed by atoms with Crippen LogP contribution in [0.1, 0.15) is 34.8 Å². The SMILES string of the molecule is COc1cccc([C@H]2CCCN2C(=O)c2ccc(N(C)C)nc2)c1. The fraction of sp³-hybridized carbons (Fsp3) is 0.368. The average molecular weight is 325 g/mol. The summed E-state index contributed by atoms with van der Waals surface area (Å²) in [4.78, 5) is 21.1. The number of benzene rings is 1. The molecule has 5 heteroatoms. The fourth-order valence-electron chi connectivity index (χ4n) is 3.15. The number of pyridine rings is 1. The molecular formula is C19H23N3O2. The number of aromatic nitrogens is 1. The van der Waals surface area contributed by atoms with E-state index in [4.69, 9.17) is 4.74 Å².